The Morgan fingerprint density at radius 2 is 2.22 bits per heavy atom. The molecule has 4 aliphatic rings. The predicted molar refractivity (Wildman–Crippen MR) is 88.8 cm³/mol. The highest BCUT2D eigenvalue weighted by molar-refractivity contribution is 5.85. The molecule has 23 heavy (non-hydrogen) atoms. The van der Waals surface area contributed by atoms with Crippen molar-refractivity contribution in [2.45, 2.75) is 31.5 Å². The van der Waals surface area contributed by atoms with Crippen LogP contribution in [0.1, 0.15) is 24.6 Å². The first-order valence-corrected chi connectivity index (χ1v) is 8.52. The van der Waals surface area contributed by atoms with Crippen molar-refractivity contribution in [1.29, 1.82) is 0 Å². The lowest BCUT2D eigenvalue weighted by Crippen LogP contribution is -2.69. The third-order valence-corrected chi connectivity index (χ3v) is 6.43. The fourth-order valence-electron chi connectivity index (χ4n) is 5.34. The van der Waals surface area contributed by atoms with E-state index >= 15 is 0 Å². The molecule has 0 amide bonds. The minimum atomic E-state index is -0.917. The number of allylic oxidation sites excluding steroid dienone is 1. The number of aromatic amines is 1. The maximum atomic E-state index is 11.6. The van der Waals surface area contributed by atoms with E-state index in [1.54, 1.807) is 0 Å². The molecule has 3 fully saturated rings. The van der Waals surface area contributed by atoms with Gasteiger partial charge in [-0.2, -0.15) is 0 Å². The molecule has 2 aromatic rings. The number of hydrogen-bond donors (Lipinski definition) is 3. The molecular formula is C19H22N2O2. The van der Waals surface area contributed by atoms with Gasteiger partial charge in [-0.25, -0.2) is 0 Å². The second-order valence-corrected chi connectivity index (χ2v) is 7.26. The Labute approximate surface area is 135 Å². The van der Waals surface area contributed by atoms with Gasteiger partial charge in [0.25, 0.3) is 0 Å². The molecule has 3 saturated heterocycles. The molecule has 0 spiro atoms. The number of fused-ring (bicyclic) bond motifs is 4. The SMILES string of the molecule is CC=C1CN2C3Cc4c([nH]c5ccccc45)C2(O)CC1C3CO. The van der Waals surface area contributed by atoms with E-state index in [4.69, 9.17) is 0 Å². The Balaban J connectivity index is 1.74. The minimum Gasteiger partial charge on any atom is -0.396 e. The van der Waals surface area contributed by atoms with Gasteiger partial charge in [0.05, 0.1) is 5.69 Å². The number of hydrogen-bond acceptors (Lipinski definition) is 3. The Morgan fingerprint density at radius 1 is 1.39 bits per heavy atom. The van der Waals surface area contributed by atoms with Crippen LogP contribution in [0.3, 0.4) is 0 Å². The van der Waals surface area contributed by atoms with E-state index in [9.17, 15) is 10.2 Å². The normalized spacial score (nSPS) is 39.9. The fraction of sp³-hybridized carbons (Fsp3) is 0.474. The highest BCUT2D eigenvalue weighted by Gasteiger charge is 2.59. The van der Waals surface area contributed by atoms with E-state index in [1.807, 2.05) is 6.07 Å². The van der Waals surface area contributed by atoms with Crippen molar-refractivity contribution >= 4 is 10.9 Å². The molecule has 4 heteroatoms. The number of nitrogens with zero attached hydrogens (tertiary/aromatic N) is 1. The number of benzene rings is 1. The molecule has 6 rings (SSSR count). The Kier molecular flexibility index (Phi) is 2.68. The van der Waals surface area contributed by atoms with Gasteiger partial charge in [0, 0.05) is 42.4 Å². The number of rotatable bonds is 1. The van der Waals surface area contributed by atoms with Gasteiger partial charge in [-0.1, -0.05) is 29.8 Å². The Hall–Kier alpha value is -1.62. The molecule has 4 nitrogen and oxygen atoms in total. The summed E-state index contributed by atoms with van der Waals surface area (Å²) < 4.78 is 0. The van der Waals surface area contributed by atoms with Gasteiger partial charge in [-0.3, -0.25) is 4.90 Å². The molecule has 0 saturated carbocycles. The number of aliphatic hydroxyl groups excluding tert-OH is 1. The van der Waals surface area contributed by atoms with Crippen molar-refractivity contribution in [3.05, 3.63) is 47.2 Å². The number of piperidine rings is 3. The highest BCUT2D eigenvalue weighted by atomic mass is 16.3. The third-order valence-electron chi connectivity index (χ3n) is 6.43. The number of nitrogens with one attached hydrogen (secondary N) is 1. The predicted octanol–water partition coefficient (Wildman–Crippen LogP) is 2.13. The van der Waals surface area contributed by atoms with Gasteiger partial charge in [0.15, 0.2) is 5.72 Å². The van der Waals surface area contributed by atoms with E-state index in [0.717, 1.165) is 24.2 Å². The number of aliphatic hydroxyl groups is 2. The summed E-state index contributed by atoms with van der Waals surface area (Å²) in [5, 5.41) is 22.8. The molecule has 1 aromatic carbocycles. The first kappa shape index (κ1) is 13.8. The van der Waals surface area contributed by atoms with Crippen LogP contribution in [0.4, 0.5) is 0 Å². The summed E-state index contributed by atoms with van der Waals surface area (Å²) in [4.78, 5) is 5.71. The van der Waals surface area contributed by atoms with Crippen molar-refractivity contribution < 1.29 is 10.2 Å². The standard InChI is InChI=1S/C19H22N2O2/c1-2-11-9-21-17-7-13-12-5-3-4-6-16(12)20-18(13)19(21,23)8-14(11)15(17)10-22/h2-6,14-15,17,20,22-23H,7-10H2,1H3. The molecule has 120 valence electrons. The van der Waals surface area contributed by atoms with Crippen molar-refractivity contribution in [1.82, 2.24) is 9.88 Å². The molecular weight excluding hydrogens is 288 g/mol. The van der Waals surface area contributed by atoms with Crippen LogP contribution in [-0.2, 0) is 12.1 Å². The zero-order valence-electron chi connectivity index (χ0n) is 13.3. The average Bonchev–Trinajstić information content (AvgIpc) is 2.94. The van der Waals surface area contributed by atoms with Gasteiger partial charge in [0.1, 0.15) is 0 Å². The van der Waals surface area contributed by atoms with Crippen LogP contribution >= 0.6 is 0 Å². The number of para-hydroxylation sites is 1. The van der Waals surface area contributed by atoms with Crippen molar-refractivity contribution in [2.75, 3.05) is 13.2 Å². The molecule has 3 N–H and O–H groups in total. The summed E-state index contributed by atoms with van der Waals surface area (Å²) in [6.45, 7) is 3.07. The summed E-state index contributed by atoms with van der Waals surface area (Å²) >= 11 is 0. The van der Waals surface area contributed by atoms with E-state index in [0.29, 0.717) is 6.42 Å². The van der Waals surface area contributed by atoms with E-state index in [2.05, 4.69) is 41.1 Å². The second kappa shape index (κ2) is 4.47. The lowest BCUT2D eigenvalue weighted by molar-refractivity contribution is -0.221. The van der Waals surface area contributed by atoms with Gasteiger partial charge < -0.3 is 15.2 Å². The Morgan fingerprint density at radius 3 is 3.00 bits per heavy atom. The smallest absolute Gasteiger partial charge is 0.160 e. The van der Waals surface area contributed by atoms with Crippen LogP contribution in [-0.4, -0.2) is 39.3 Å². The van der Waals surface area contributed by atoms with Crippen LogP contribution in [0.2, 0.25) is 0 Å². The minimum absolute atomic E-state index is 0.191. The van der Waals surface area contributed by atoms with Crippen molar-refractivity contribution in [3.8, 4) is 0 Å². The summed E-state index contributed by atoms with van der Waals surface area (Å²) in [5.41, 5.74) is 3.77. The molecule has 0 radical (unpaired) electrons. The number of H-pyrrole nitrogens is 1. The van der Waals surface area contributed by atoms with Crippen LogP contribution in [0.15, 0.2) is 35.9 Å². The van der Waals surface area contributed by atoms with Crippen LogP contribution in [0.25, 0.3) is 10.9 Å². The second-order valence-electron chi connectivity index (χ2n) is 7.26. The first-order chi connectivity index (χ1) is 11.2. The third kappa shape index (κ3) is 1.56. The summed E-state index contributed by atoms with van der Waals surface area (Å²) in [6, 6.07) is 8.52. The van der Waals surface area contributed by atoms with Gasteiger partial charge in [-0.15, -0.1) is 0 Å². The molecule has 0 aliphatic carbocycles. The lowest BCUT2D eigenvalue weighted by Gasteiger charge is -2.61. The maximum absolute atomic E-state index is 11.6. The summed E-state index contributed by atoms with van der Waals surface area (Å²) in [5.74, 6) is 0.501. The van der Waals surface area contributed by atoms with Crippen LogP contribution in [0.5, 0.6) is 0 Å². The fourth-order valence-corrected chi connectivity index (χ4v) is 5.34. The number of aromatic nitrogens is 1. The monoisotopic (exact) mass is 310 g/mol. The largest absolute Gasteiger partial charge is 0.396 e. The zero-order valence-corrected chi connectivity index (χ0v) is 13.3. The first-order valence-electron chi connectivity index (χ1n) is 8.52. The average molecular weight is 310 g/mol. The zero-order chi connectivity index (χ0) is 15.8. The Bertz CT molecular complexity index is 824. The van der Waals surface area contributed by atoms with Gasteiger partial charge in [0.2, 0.25) is 0 Å². The molecule has 5 heterocycles. The highest BCUT2D eigenvalue weighted by Crippen LogP contribution is 2.55. The van der Waals surface area contributed by atoms with E-state index < -0.39 is 5.72 Å². The molecule has 5 atom stereocenters. The van der Waals surface area contributed by atoms with Crippen molar-refractivity contribution in [2.24, 2.45) is 11.8 Å². The van der Waals surface area contributed by atoms with E-state index in [1.165, 1.54) is 16.5 Å². The van der Waals surface area contributed by atoms with Crippen LogP contribution < -0.4 is 0 Å². The molecule has 1 aromatic heterocycles. The van der Waals surface area contributed by atoms with Crippen molar-refractivity contribution in [3.63, 3.8) is 0 Å². The lowest BCUT2D eigenvalue weighted by atomic mass is 9.63. The molecule has 5 unspecified atom stereocenters. The molecule has 4 bridgehead atoms. The van der Waals surface area contributed by atoms with E-state index in [-0.39, 0.29) is 24.5 Å². The summed E-state index contributed by atoms with van der Waals surface area (Å²) in [6.07, 6.45) is 3.75. The summed E-state index contributed by atoms with van der Waals surface area (Å²) in [7, 11) is 0. The van der Waals surface area contributed by atoms with Gasteiger partial charge >= 0.3 is 0 Å². The quantitative estimate of drug-likeness (QED) is 0.707. The van der Waals surface area contributed by atoms with Crippen LogP contribution in [0, 0.1) is 11.8 Å². The topological polar surface area (TPSA) is 59.5 Å². The maximum Gasteiger partial charge on any atom is 0.160 e. The van der Waals surface area contributed by atoms with Gasteiger partial charge in [-0.05, 0) is 30.9 Å². The molecule has 4 aliphatic heterocycles.